The summed E-state index contributed by atoms with van der Waals surface area (Å²) in [5, 5.41) is 0. The molecule has 0 aromatic carbocycles. The Morgan fingerprint density at radius 3 is 2.11 bits per heavy atom. The van der Waals surface area contributed by atoms with Crippen molar-refractivity contribution in [3.05, 3.63) is 6.42 Å². The summed E-state index contributed by atoms with van der Waals surface area (Å²) in [7, 11) is 0. The van der Waals surface area contributed by atoms with Gasteiger partial charge in [0.15, 0.2) is 0 Å². The van der Waals surface area contributed by atoms with Crippen molar-refractivity contribution in [3.63, 3.8) is 0 Å². The smallest absolute Gasteiger partial charge is 0.251 e. The van der Waals surface area contributed by atoms with E-state index < -0.39 is 19.3 Å². The lowest BCUT2D eigenvalue weighted by Crippen LogP contribution is -2.06. The van der Waals surface area contributed by atoms with Crippen LogP contribution in [0.2, 0.25) is 0 Å². The van der Waals surface area contributed by atoms with E-state index in [4.69, 9.17) is 0 Å². The molecule has 0 N–H and O–H groups in total. The van der Waals surface area contributed by atoms with Crippen molar-refractivity contribution in [2.75, 3.05) is 6.67 Å². The molecule has 9 heavy (non-hydrogen) atoms. The summed E-state index contributed by atoms with van der Waals surface area (Å²) in [6.45, 7) is -0.782. The van der Waals surface area contributed by atoms with E-state index in [0.717, 1.165) is 6.42 Å². The maximum Gasteiger partial charge on any atom is 0.389 e. The molecule has 0 aliphatic rings. The van der Waals surface area contributed by atoms with Crippen LogP contribution in [-0.2, 0) is 0 Å². The summed E-state index contributed by atoms with van der Waals surface area (Å²) in [5.74, 6) is 0. The van der Waals surface area contributed by atoms with Crippen LogP contribution in [-0.4, -0.2) is 12.9 Å². The molecule has 0 aliphatic heterocycles. The summed E-state index contributed by atoms with van der Waals surface area (Å²) in [6, 6.07) is 0. The molecule has 0 rings (SSSR count). The van der Waals surface area contributed by atoms with Gasteiger partial charge in [0.25, 0.3) is 0 Å². The van der Waals surface area contributed by atoms with E-state index in [0.29, 0.717) is 0 Å². The minimum absolute atomic E-state index is 0.222. The lowest BCUT2D eigenvalue weighted by molar-refractivity contribution is -0.134. The van der Waals surface area contributed by atoms with Gasteiger partial charge in [-0.3, -0.25) is 4.39 Å². The predicted octanol–water partition coefficient (Wildman–Crippen LogP) is 2.50. The molecular formula is C5H7F4. The van der Waals surface area contributed by atoms with Gasteiger partial charge in [-0.05, 0) is 12.8 Å². The Hall–Kier alpha value is -0.280. The number of alkyl halides is 4. The van der Waals surface area contributed by atoms with E-state index in [1.165, 1.54) is 0 Å². The maximum atomic E-state index is 11.2. The van der Waals surface area contributed by atoms with Crippen LogP contribution < -0.4 is 0 Å². The third-order valence-corrected chi connectivity index (χ3v) is 0.741. The van der Waals surface area contributed by atoms with E-state index in [1.54, 1.807) is 0 Å². The molecule has 0 amide bonds. The van der Waals surface area contributed by atoms with E-state index in [9.17, 15) is 17.6 Å². The van der Waals surface area contributed by atoms with Gasteiger partial charge in [0, 0.05) is 6.42 Å². The van der Waals surface area contributed by atoms with Crippen LogP contribution in [0.25, 0.3) is 0 Å². The van der Waals surface area contributed by atoms with Crippen LogP contribution in [0.3, 0.4) is 0 Å². The zero-order valence-corrected chi connectivity index (χ0v) is 4.71. The zero-order chi connectivity index (χ0) is 7.33. The van der Waals surface area contributed by atoms with Crippen LogP contribution in [0.5, 0.6) is 0 Å². The molecule has 0 nitrogen and oxygen atoms in total. The number of hydrogen-bond acceptors (Lipinski definition) is 0. The molecule has 1 radical (unpaired) electrons. The normalized spacial score (nSPS) is 12.0. The summed E-state index contributed by atoms with van der Waals surface area (Å²) < 4.78 is 44.9. The quantitative estimate of drug-likeness (QED) is 0.420. The SMILES string of the molecule is FC[CH]CCC(F)(F)F. The van der Waals surface area contributed by atoms with Crippen LogP contribution in [0.1, 0.15) is 12.8 Å². The second kappa shape index (κ2) is 3.69. The van der Waals surface area contributed by atoms with Gasteiger partial charge in [-0.1, -0.05) is 0 Å². The van der Waals surface area contributed by atoms with Crippen molar-refractivity contribution in [3.8, 4) is 0 Å². The van der Waals surface area contributed by atoms with Crippen molar-refractivity contribution < 1.29 is 17.6 Å². The molecular weight excluding hydrogens is 136 g/mol. The first-order valence-electron chi connectivity index (χ1n) is 2.50. The Balaban J connectivity index is 3.07. The minimum atomic E-state index is -4.15. The Morgan fingerprint density at radius 1 is 1.22 bits per heavy atom. The molecule has 0 spiro atoms. The van der Waals surface area contributed by atoms with E-state index in [-0.39, 0.29) is 6.42 Å². The highest BCUT2D eigenvalue weighted by Gasteiger charge is 2.25. The number of unbranched alkanes of at least 4 members (excludes halogenated alkanes) is 1. The fraction of sp³-hybridized carbons (Fsp3) is 0.800. The molecule has 0 aromatic heterocycles. The van der Waals surface area contributed by atoms with Gasteiger partial charge >= 0.3 is 6.18 Å². The third-order valence-electron chi connectivity index (χ3n) is 0.741. The van der Waals surface area contributed by atoms with E-state index in [2.05, 4.69) is 0 Å². The largest absolute Gasteiger partial charge is 0.389 e. The lowest BCUT2D eigenvalue weighted by atomic mass is 10.2. The van der Waals surface area contributed by atoms with Crippen LogP contribution in [0.4, 0.5) is 17.6 Å². The van der Waals surface area contributed by atoms with Gasteiger partial charge < -0.3 is 0 Å². The topological polar surface area (TPSA) is 0 Å². The molecule has 0 aromatic rings. The predicted molar refractivity (Wildman–Crippen MR) is 25.6 cm³/mol. The first kappa shape index (κ1) is 8.72. The van der Waals surface area contributed by atoms with Gasteiger partial charge in [0.1, 0.15) is 0 Å². The Labute approximate surface area is 50.9 Å². The van der Waals surface area contributed by atoms with Crippen molar-refractivity contribution in [2.45, 2.75) is 19.0 Å². The molecule has 0 bridgehead atoms. The first-order valence-corrected chi connectivity index (χ1v) is 2.50. The maximum absolute atomic E-state index is 11.2. The molecule has 0 fully saturated rings. The van der Waals surface area contributed by atoms with E-state index in [1.807, 2.05) is 0 Å². The standard InChI is InChI=1S/C5H7F4/c6-4-2-1-3-5(7,8)9/h2H,1,3-4H2. The summed E-state index contributed by atoms with van der Waals surface area (Å²) in [5.41, 5.74) is 0. The monoisotopic (exact) mass is 143 g/mol. The number of rotatable bonds is 3. The highest BCUT2D eigenvalue weighted by Crippen LogP contribution is 2.21. The number of halogens is 4. The average Bonchev–Trinajstić information content (AvgIpc) is 1.63. The molecule has 0 atom stereocenters. The van der Waals surface area contributed by atoms with Crippen LogP contribution in [0.15, 0.2) is 0 Å². The van der Waals surface area contributed by atoms with Crippen molar-refractivity contribution >= 4 is 0 Å². The van der Waals surface area contributed by atoms with Gasteiger partial charge in [-0.25, -0.2) is 0 Å². The van der Waals surface area contributed by atoms with Gasteiger partial charge in [-0.15, -0.1) is 0 Å². The molecule has 0 saturated carbocycles. The summed E-state index contributed by atoms with van der Waals surface area (Å²) in [4.78, 5) is 0. The molecule has 4 heteroatoms. The summed E-state index contributed by atoms with van der Waals surface area (Å²) >= 11 is 0. The van der Waals surface area contributed by atoms with Crippen molar-refractivity contribution in [1.82, 2.24) is 0 Å². The van der Waals surface area contributed by atoms with Crippen LogP contribution in [0, 0.1) is 6.42 Å². The zero-order valence-electron chi connectivity index (χ0n) is 4.71. The first-order chi connectivity index (χ1) is 4.06. The fourth-order valence-corrected chi connectivity index (χ4v) is 0.343. The molecule has 0 unspecified atom stereocenters. The minimum Gasteiger partial charge on any atom is -0.251 e. The molecule has 0 heterocycles. The summed E-state index contributed by atoms with van der Waals surface area (Å²) in [6.07, 6.45) is -4.32. The van der Waals surface area contributed by atoms with Gasteiger partial charge in [-0.2, -0.15) is 13.2 Å². The highest BCUT2D eigenvalue weighted by molar-refractivity contribution is 4.64. The third kappa shape index (κ3) is 7.72. The second-order valence-electron chi connectivity index (χ2n) is 1.60. The van der Waals surface area contributed by atoms with Crippen LogP contribution >= 0.6 is 0 Å². The highest BCUT2D eigenvalue weighted by atomic mass is 19.4. The number of hydrogen-bond donors (Lipinski definition) is 0. The van der Waals surface area contributed by atoms with Crippen molar-refractivity contribution in [1.29, 1.82) is 0 Å². The molecule has 0 aliphatic carbocycles. The Kier molecular flexibility index (Phi) is 3.58. The molecule has 55 valence electrons. The van der Waals surface area contributed by atoms with E-state index >= 15 is 0 Å². The fourth-order valence-electron chi connectivity index (χ4n) is 0.343. The van der Waals surface area contributed by atoms with Crippen molar-refractivity contribution in [2.24, 2.45) is 0 Å². The van der Waals surface area contributed by atoms with Gasteiger partial charge in [0.2, 0.25) is 0 Å². The Morgan fingerprint density at radius 2 is 1.78 bits per heavy atom. The Bertz CT molecular complexity index is 65.8. The lowest BCUT2D eigenvalue weighted by Gasteiger charge is -2.02. The second-order valence-corrected chi connectivity index (χ2v) is 1.60. The molecule has 0 saturated heterocycles. The van der Waals surface area contributed by atoms with Gasteiger partial charge in [0.05, 0.1) is 6.67 Å². The average molecular weight is 143 g/mol.